The third-order valence-corrected chi connectivity index (χ3v) is 1.59. The first-order valence-electron chi connectivity index (χ1n) is 2.87. The predicted molar refractivity (Wildman–Crippen MR) is 44.5 cm³/mol. The van der Waals surface area contributed by atoms with E-state index in [2.05, 4.69) is 22.5 Å². The summed E-state index contributed by atoms with van der Waals surface area (Å²) in [4.78, 5) is 0. The molecule has 2 N–H and O–H groups in total. The Morgan fingerprint density at radius 2 is 2.40 bits per heavy atom. The fraction of sp³-hybridized carbons (Fsp3) is 0.143. The van der Waals surface area contributed by atoms with Crippen molar-refractivity contribution >= 4 is 21.5 Å². The first kappa shape index (κ1) is 7.57. The second-order valence-electron chi connectivity index (χ2n) is 1.91. The zero-order chi connectivity index (χ0) is 7.56. The van der Waals surface area contributed by atoms with Crippen molar-refractivity contribution in [2.75, 3.05) is 6.54 Å². The second kappa shape index (κ2) is 3.03. The van der Waals surface area contributed by atoms with Gasteiger partial charge < -0.3 is 10.2 Å². The van der Waals surface area contributed by atoms with Gasteiger partial charge in [-0.1, -0.05) is 6.58 Å². The molecule has 0 bridgehead atoms. The molecular weight excluding hydrogens is 194 g/mol. The fourth-order valence-electron chi connectivity index (χ4n) is 0.605. The predicted octanol–water partition coefficient (Wildman–Crippen LogP) is 2.01. The zero-order valence-corrected chi connectivity index (χ0v) is 7.02. The minimum atomic E-state index is 0.431. The molecule has 0 aliphatic carbocycles. The molecule has 1 aromatic heterocycles. The summed E-state index contributed by atoms with van der Waals surface area (Å²) in [6.45, 7) is 4.15. The fourth-order valence-corrected chi connectivity index (χ4v) is 0.911. The molecule has 0 fully saturated rings. The van der Waals surface area contributed by atoms with Gasteiger partial charge in [-0.2, -0.15) is 0 Å². The first-order chi connectivity index (χ1) is 4.74. The Morgan fingerprint density at radius 1 is 1.70 bits per heavy atom. The van der Waals surface area contributed by atoms with E-state index in [-0.39, 0.29) is 0 Å². The monoisotopic (exact) mass is 201 g/mol. The van der Waals surface area contributed by atoms with E-state index in [9.17, 15) is 0 Å². The zero-order valence-electron chi connectivity index (χ0n) is 5.43. The van der Waals surface area contributed by atoms with Crippen molar-refractivity contribution in [1.82, 2.24) is 0 Å². The summed E-state index contributed by atoms with van der Waals surface area (Å²) in [6, 6.07) is 3.65. The van der Waals surface area contributed by atoms with E-state index >= 15 is 0 Å². The van der Waals surface area contributed by atoms with Gasteiger partial charge in [0.05, 0.1) is 0 Å². The topological polar surface area (TPSA) is 39.2 Å². The minimum Gasteiger partial charge on any atom is -0.450 e. The highest BCUT2D eigenvalue weighted by atomic mass is 79.9. The van der Waals surface area contributed by atoms with Crippen LogP contribution in [-0.4, -0.2) is 6.54 Å². The minimum absolute atomic E-state index is 0.431. The molecule has 0 aromatic carbocycles. The van der Waals surface area contributed by atoms with Crippen LogP contribution in [0.1, 0.15) is 5.76 Å². The highest BCUT2D eigenvalue weighted by molar-refractivity contribution is 9.10. The van der Waals surface area contributed by atoms with Crippen molar-refractivity contribution in [1.29, 1.82) is 0 Å². The van der Waals surface area contributed by atoms with Crippen LogP contribution in [0.5, 0.6) is 0 Å². The molecule has 1 rings (SSSR count). The highest BCUT2D eigenvalue weighted by Crippen LogP contribution is 2.18. The van der Waals surface area contributed by atoms with Gasteiger partial charge in [0.2, 0.25) is 0 Å². The van der Waals surface area contributed by atoms with E-state index in [0.29, 0.717) is 11.2 Å². The Hall–Kier alpha value is -0.540. The van der Waals surface area contributed by atoms with Gasteiger partial charge in [0.1, 0.15) is 5.76 Å². The number of nitrogens with two attached hydrogens (primary N) is 1. The molecule has 1 aromatic rings. The molecule has 0 unspecified atom stereocenters. The summed E-state index contributed by atoms with van der Waals surface area (Å²) in [5, 5.41) is 0. The van der Waals surface area contributed by atoms with E-state index in [0.717, 1.165) is 11.3 Å². The normalized spacial score (nSPS) is 9.80. The smallest absolute Gasteiger partial charge is 0.169 e. The van der Waals surface area contributed by atoms with E-state index in [4.69, 9.17) is 10.2 Å². The number of halogens is 1. The lowest BCUT2D eigenvalue weighted by molar-refractivity contribution is 0.527. The lowest BCUT2D eigenvalue weighted by atomic mass is 10.2. The summed E-state index contributed by atoms with van der Waals surface area (Å²) in [5.41, 5.74) is 6.15. The molecule has 2 nitrogen and oxygen atoms in total. The molecule has 0 spiro atoms. The van der Waals surface area contributed by atoms with Crippen LogP contribution in [0.25, 0.3) is 5.57 Å². The van der Waals surface area contributed by atoms with Crippen molar-refractivity contribution in [3.8, 4) is 0 Å². The molecule has 1 heterocycles. The number of furan rings is 1. The van der Waals surface area contributed by atoms with Crippen LogP contribution in [0, 0.1) is 0 Å². The quantitative estimate of drug-likeness (QED) is 0.796. The van der Waals surface area contributed by atoms with Gasteiger partial charge in [-0.05, 0) is 28.1 Å². The number of rotatable bonds is 2. The molecule has 0 amide bonds. The van der Waals surface area contributed by atoms with Crippen molar-refractivity contribution in [2.45, 2.75) is 0 Å². The average molecular weight is 202 g/mol. The van der Waals surface area contributed by atoms with Crippen LogP contribution in [-0.2, 0) is 0 Å². The maximum atomic E-state index is 5.34. The molecule has 0 saturated heterocycles. The lowest BCUT2D eigenvalue weighted by Crippen LogP contribution is -1.99. The Morgan fingerprint density at radius 3 is 2.80 bits per heavy atom. The third kappa shape index (κ3) is 1.49. The van der Waals surface area contributed by atoms with Crippen molar-refractivity contribution in [3.63, 3.8) is 0 Å². The van der Waals surface area contributed by atoms with Gasteiger partial charge in [-0.25, -0.2) is 0 Å². The van der Waals surface area contributed by atoms with E-state index in [1.165, 1.54) is 0 Å². The molecule has 0 atom stereocenters. The SMILES string of the molecule is C=C(CN)c1ccc(Br)o1. The van der Waals surface area contributed by atoms with Crippen LogP contribution >= 0.6 is 15.9 Å². The molecule has 54 valence electrons. The highest BCUT2D eigenvalue weighted by Gasteiger charge is 2.00. The van der Waals surface area contributed by atoms with Gasteiger partial charge in [-0.3, -0.25) is 0 Å². The Bertz CT molecular complexity index is 242. The molecule has 10 heavy (non-hydrogen) atoms. The number of hydrogen-bond donors (Lipinski definition) is 1. The third-order valence-electron chi connectivity index (χ3n) is 1.17. The van der Waals surface area contributed by atoms with Crippen LogP contribution in [0.15, 0.2) is 27.8 Å². The van der Waals surface area contributed by atoms with Crippen molar-refractivity contribution in [3.05, 3.63) is 29.1 Å². The van der Waals surface area contributed by atoms with E-state index in [1.807, 2.05) is 12.1 Å². The first-order valence-corrected chi connectivity index (χ1v) is 3.67. The van der Waals surface area contributed by atoms with Crippen molar-refractivity contribution in [2.24, 2.45) is 5.73 Å². The molecular formula is C7H8BrNO. The summed E-state index contributed by atoms with van der Waals surface area (Å²) < 4.78 is 5.88. The summed E-state index contributed by atoms with van der Waals surface area (Å²) >= 11 is 3.18. The van der Waals surface area contributed by atoms with Crippen molar-refractivity contribution < 1.29 is 4.42 Å². The van der Waals surface area contributed by atoms with Gasteiger partial charge in [0.25, 0.3) is 0 Å². The standard InChI is InChI=1S/C7H8BrNO/c1-5(4-9)6-2-3-7(8)10-6/h2-3H,1,4,9H2. The molecule has 0 radical (unpaired) electrons. The van der Waals surface area contributed by atoms with Gasteiger partial charge >= 0.3 is 0 Å². The molecule has 0 aliphatic heterocycles. The Labute approximate surface area is 67.8 Å². The van der Waals surface area contributed by atoms with Crippen LogP contribution in [0.2, 0.25) is 0 Å². The number of hydrogen-bond acceptors (Lipinski definition) is 2. The maximum Gasteiger partial charge on any atom is 0.169 e. The van der Waals surface area contributed by atoms with E-state index < -0.39 is 0 Å². The van der Waals surface area contributed by atoms with Crippen LogP contribution in [0.3, 0.4) is 0 Å². The van der Waals surface area contributed by atoms with Crippen LogP contribution < -0.4 is 5.73 Å². The summed E-state index contributed by atoms with van der Waals surface area (Å²) in [7, 11) is 0. The lowest BCUT2D eigenvalue weighted by Gasteiger charge is -1.93. The van der Waals surface area contributed by atoms with Gasteiger partial charge in [-0.15, -0.1) is 0 Å². The average Bonchev–Trinajstić information content (AvgIpc) is 2.34. The maximum absolute atomic E-state index is 5.34. The van der Waals surface area contributed by atoms with Gasteiger partial charge in [0, 0.05) is 12.1 Å². The summed E-state index contributed by atoms with van der Waals surface area (Å²) in [5.74, 6) is 0.745. The largest absolute Gasteiger partial charge is 0.450 e. The molecule has 3 heteroatoms. The molecule has 0 aliphatic rings. The Balaban J connectivity index is 2.85. The van der Waals surface area contributed by atoms with Gasteiger partial charge in [0.15, 0.2) is 4.67 Å². The molecule has 0 saturated carbocycles. The second-order valence-corrected chi connectivity index (χ2v) is 2.69. The van der Waals surface area contributed by atoms with Crippen LogP contribution in [0.4, 0.5) is 0 Å². The summed E-state index contributed by atoms with van der Waals surface area (Å²) in [6.07, 6.45) is 0. The Kier molecular flexibility index (Phi) is 2.29. The van der Waals surface area contributed by atoms with E-state index in [1.54, 1.807) is 0 Å².